The van der Waals surface area contributed by atoms with Crippen molar-refractivity contribution in [2.24, 2.45) is 0 Å². The van der Waals surface area contributed by atoms with Gasteiger partial charge in [0.05, 0.1) is 16.6 Å². The van der Waals surface area contributed by atoms with Crippen molar-refractivity contribution in [1.29, 1.82) is 0 Å². The molecule has 2 saturated heterocycles. The number of hydrogen-bond acceptors (Lipinski definition) is 8. The molecule has 4 heterocycles. The first-order valence-electron chi connectivity index (χ1n) is 10.6. The molecule has 32 heavy (non-hydrogen) atoms. The lowest BCUT2D eigenvalue weighted by molar-refractivity contribution is -0.122. The highest BCUT2D eigenvalue weighted by atomic mass is 32.2. The molecule has 1 amide bonds. The number of nitrogens with zero attached hydrogens (tertiary/aromatic N) is 3. The third kappa shape index (κ3) is 4.73. The number of ether oxygens (including phenoxy) is 2. The number of hydrogen-bond donors (Lipinski definition) is 1. The van der Waals surface area contributed by atoms with E-state index in [9.17, 15) is 9.59 Å². The second-order valence-electron chi connectivity index (χ2n) is 7.76. The smallest absolute Gasteiger partial charge is 0.267 e. The normalized spacial score (nSPS) is 20.1. The van der Waals surface area contributed by atoms with Crippen LogP contribution in [-0.4, -0.2) is 64.0 Å². The van der Waals surface area contributed by atoms with Gasteiger partial charge < -0.3 is 14.8 Å². The Labute approximate surface area is 196 Å². The minimum absolute atomic E-state index is 0.0824. The van der Waals surface area contributed by atoms with Crippen LogP contribution in [0.25, 0.3) is 11.7 Å². The van der Waals surface area contributed by atoms with Crippen molar-refractivity contribution in [1.82, 2.24) is 14.3 Å². The number of thioether (sulfide) groups is 1. The van der Waals surface area contributed by atoms with E-state index in [1.807, 2.05) is 19.1 Å². The highest BCUT2D eigenvalue weighted by molar-refractivity contribution is 8.26. The van der Waals surface area contributed by atoms with Gasteiger partial charge in [0.25, 0.3) is 11.5 Å². The summed E-state index contributed by atoms with van der Waals surface area (Å²) in [6.45, 7) is 4.23. The number of anilines is 1. The summed E-state index contributed by atoms with van der Waals surface area (Å²) >= 11 is 6.60. The topological polar surface area (TPSA) is 85.2 Å². The van der Waals surface area contributed by atoms with E-state index in [4.69, 9.17) is 26.7 Å². The maximum atomic E-state index is 13.4. The Balaban J connectivity index is 1.70. The van der Waals surface area contributed by atoms with Gasteiger partial charge in [0.2, 0.25) is 0 Å². The van der Waals surface area contributed by atoms with Gasteiger partial charge in [0.15, 0.2) is 0 Å². The number of aryl methyl sites for hydroxylation is 1. The lowest BCUT2D eigenvalue weighted by Gasteiger charge is -2.15. The van der Waals surface area contributed by atoms with Crippen LogP contribution in [0.2, 0.25) is 0 Å². The maximum absolute atomic E-state index is 13.4. The van der Waals surface area contributed by atoms with Crippen LogP contribution in [0.15, 0.2) is 28.0 Å². The van der Waals surface area contributed by atoms with Crippen molar-refractivity contribution in [3.63, 3.8) is 0 Å². The summed E-state index contributed by atoms with van der Waals surface area (Å²) in [6, 6.07) is 3.72. The molecular formula is C22H26N4O4S2. The van der Waals surface area contributed by atoms with Crippen LogP contribution in [-0.2, 0) is 14.3 Å². The second-order valence-corrected chi connectivity index (χ2v) is 9.44. The molecular weight excluding hydrogens is 448 g/mol. The van der Waals surface area contributed by atoms with Gasteiger partial charge in [-0.05, 0) is 43.9 Å². The van der Waals surface area contributed by atoms with Crippen LogP contribution in [0.3, 0.4) is 0 Å². The summed E-state index contributed by atoms with van der Waals surface area (Å²) in [7, 11) is 1.62. The Hall–Kier alpha value is -2.27. The van der Waals surface area contributed by atoms with Crippen molar-refractivity contribution in [3.8, 4) is 0 Å². The zero-order valence-electron chi connectivity index (χ0n) is 18.1. The van der Waals surface area contributed by atoms with Gasteiger partial charge in [0.1, 0.15) is 15.8 Å². The molecule has 0 aromatic carbocycles. The Morgan fingerprint density at radius 2 is 2.28 bits per heavy atom. The van der Waals surface area contributed by atoms with E-state index in [0.29, 0.717) is 52.4 Å². The molecule has 1 N–H and O–H groups in total. The van der Waals surface area contributed by atoms with Gasteiger partial charge in [-0.1, -0.05) is 30.0 Å². The molecule has 4 rings (SSSR count). The molecule has 2 aliphatic heterocycles. The summed E-state index contributed by atoms with van der Waals surface area (Å²) in [5, 5.41) is 3.29. The minimum atomic E-state index is -0.238. The number of rotatable bonds is 8. The van der Waals surface area contributed by atoms with Gasteiger partial charge in [0, 0.05) is 39.6 Å². The van der Waals surface area contributed by atoms with Crippen LogP contribution in [0.1, 0.15) is 30.4 Å². The maximum Gasteiger partial charge on any atom is 0.267 e. The number of methoxy groups -OCH3 is 1. The van der Waals surface area contributed by atoms with E-state index < -0.39 is 0 Å². The Morgan fingerprint density at radius 1 is 1.44 bits per heavy atom. The molecule has 8 nitrogen and oxygen atoms in total. The first-order chi connectivity index (χ1) is 15.5. The van der Waals surface area contributed by atoms with Crippen LogP contribution >= 0.6 is 24.0 Å². The number of fused-ring (bicyclic) bond motifs is 1. The number of nitrogens with one attached hydrogen (secondary N) is 1. The van der Waals surface area contributed by atoms with Crippen molar-refractivity contribution < 1.29 is 14.3 Å². The predicted molar refractivity (Wildman–Crippen MR) is 130 cm³/mol. The van der Waals surface area contributed by atoms with E-state index in [-0.39, 0.29) is 17.6 Å². The van der Waals surface area contributed by atoms with Gasteiger partial charge in [-0.25, -0.2) is 4.98 Å². The predicted octanol–water partition coefficient (Wildman–Crippen LogP) is 2.83. The third-order valence-corrected chi connectivity index (χ3v) is 6.86. The van der Waals surface area contributed by atoms with Gasteiger partial charge in [-0.15, -0.1) is 0 Å². The molecule has 1 unspecified atom stereocenters. The molecule has 2 fully saturated rings. The summed E-state index contributed by atoms with van der Waals surface area (Å²) < 4.78 is 12.8. The van der Waals surface area contributed by atoms with Crippen molar-refractivity contribution in [3.05, 3.63) is 44.7 Å². The molecule has 170 valence electrons. The van der Waals surface area contributed by atoms with Crippen molar-refractivity contribution in [2.75, 3.05) is 38.7 Å². The first-order valence-corrected chi connectivity index (χ1v) is 11.8. The van der Waals surface area contributed by atoms with Crippen molar-refractivity contribution in [2.45, 2.75) is 32.3 Å². The summed E-state index contributed by atoms with van der Waals surface area (Å²) in [5.74, 6) is 0.249. The van der Waals surface area contributed by atoms with Crippen molar-refractivity contribution >= 4 is 51.7 Å². The zero-order chi connectivity index (χ0) is 22.7. The average Bonchev–Trinajstić information content (AvgIpc) is 3.39. The summed E-state index contributed by atoms with van der Waals surface area (Å²) in [4.78, 5) is 33.1. The van der Waals surface area contributed by atoms with Gasteiger partial charge in [-0.2, -0.15) is 0 Å². The monoisotopic (exact) mass is 474 g/mol. The van der Waals surface area contributed by atoms with Gasteiger partial charge >= 0.3 is 0 Å². The van der Waals surface area contributed by atoms with Crippen LogP contribution in [0.4, 0.5) is 5.82 Å². The summed E-state index contributed by atoms with van der Waals surface area (Å²) in [6.07, 6.45) is 6.06. The molecule has 10 heteroatoms. The molecule has 2 aromatic heterocycles. The lowest BCUT2D eigenvalue weighted by atomic mass is 10.2. The molecule has 0 saturated carbocycles. The molecule has 0 spiro atoms. The number of carbonyl (C=O) groups is 1. The number of thiocarbonyl (C=S) groups is 1. The molecule has 2 aliphatic rings. The molecule has 0 radical (unpaired) electrons. The zero-order valence-corrected chi connectivity index (χ0v) is 19.8. The highest BCUT2D eigenvalue weighted by Gasteiger charge is 2.32. The molecule has 1 atom stereocenters. The largest absolute Gasteiger partial charge is 0.385 e. The standard InChI is InChI=1S/C22H26N4O4S2/c1-14-6-3-8-25-19(14)24-18(23-13-15-7-4-11-30-15)16(20(25)27)12-17-21(28)26(22(31)32-17)9-5-10-29-2/h3,6,8,12,15,23H,4-5,7,9-11,13H2,1-2H3. The Morgan fingerprint density at radius 3 is 3.03 bits per heavy atom. The molecule has 2 aromatic rings. The molecule has 0 bridgehead atoms. The first kappa shape index (κ1) is 22.9. The average molecular weight is 475 g/mol. The fourth-order valence-corrected chi connectivity index (χ4v) is 5.07. The van der Waals surface area contributed by atoms with E-state index in [1.54, 1.807) is 24.3 Å². The number of carbonyl (C=O) groups excluding carboxylic acids is 1. The Bertz CT molecular complexity index is 1120. The van der Waals surface area contributed by atoms with E-state index >= 15 is 0 Å². The third-order valence-electron chi connectivity index (χ3n) is 5.48. The SMILES string of the molecule is COCCCN1C(=O)C(=Cc2c(NCC3CCCO3)nc3c(C)cccn3c2=O)SC1=S. The minimum Gasteiger partial charge on any atom is -0.385 e. The fourth-order valence-electron chi connectivity index (χ4n) is 3.78. The summed E-state index contributed by atoms with van der Waals surface area (Å²) in [5.41, 5.74) is 1.57. The second kappa shape index (κ2) is 10.1. The van der Waals surface area contributed by atoms with Crippen LogP contribution < -0.4 is 10.9 Å². The number of aromatic nitrogens is 2. The number of amides is 1. The van der Waals surface area contributed by atoms with Gasteiger partial charge in [-0.3, -0.25) is 18.9 Å². The van der Waals surface area contributed by atoms with E-state index in [1.165, 1.54) is 16.2 Å². The van der Waals surface area contributed by atoms with E-state index in [0.717, 1.165) is 25.0 Å². The Kier molecular flexibility index (Phi) is 7.24. The quantitative estimate of drug-likeness (QED) is 0.355. The van der Waals surface area contributed by atoms with E-state index in [2.05, 4.69) is 5.32 Å². The van der Waals surface area contributed by atoms with Crippen LogP contribution in [0, 0.1) is 6.92 Å². The lowest BCUT2D eigenvalue weighted by Crippen LogP contribution is -2.29. The highest BCUT2D eigenvalue weighted by Crippen LogP contribution is 2.33. The number of pyridine rings is 1. The molecule has 0 aliphatic carbocycles. The fraction of sp³-hybridized carbons (Fsp3) is 0.455. The van der Waals surface area contributed by atoms with Crippen LogP contribution in [0.5, 0.6) is 0 Å².